The van der Waals surface area contributed by atoms with Crippen molar-refractivity contribution in [2.75, 3.05) is 57.0 Å². The number of hydrogen-bond donors (Lipinski definition) is 3. The largest absolute Gasteiger partial charge is 0.477 e. The van der Waals surface area contributed by atoms with Crippen LogP contribution >= 0.6 is 0 Å². The van der Waals surface area contributed by atoms with Gasteiger partial charge in [-0.3, -0.25) is 14.1 Å². The van der Waals surface area contributed by atoms with Gasteiger partial charge in [0.1, 0.15) is 11.2 Å². The Morgan fingerprint density at radius 3 is 2.70 bits per heavy atom. The maximum Gasteiger partial charge on any atom is 0.341 e. The van der Waals surface area contributed by atoms with Crippen LogP contribution in [0.2, 0.25) is 0 Å². The molecule has 0 aliphatic carbocycles. The molecule has 0 bridgehead atoms. The Kier molecular flexibility index (Phi) is 6.77. The smallest absolute Gasteiger partial charge is 0.341 e. The molecule has 3 aliphatic heterocycles. The predicted octanol–water partition coefficient (Wildman–Crippen LogP) is 4.75. The summed E-state index contributed by atoms with van der Waals surface area (Å²) in [5, 5.41) is 13.5. The molecule has 1 aromatic carbocycles. The van der Waals surface area contributed by atoms with Crippen molar-refractivity contribution in [1.29, 1.82) is 0 Å². The lowest BCUT2D eigenvalue weighted by atomic mass is 9.99. The van der Waals surface area contributed by atoms with Gasteiger partial charge < -0.3 is 25.2 Å². The molecule has 3 N–H and O–H groups in total. The van der Waals surface area contributed by atoms with Gasteiger partial charge in [-0.15, -0.1) is 0 Å². The van der Waals surface area contributed by atoms with Crippen molar-refractivity contribution in [3.8, 4) is 11.1 Å². The fraction of sp³-hybridized carbons (Fsp3) is 0.382. The Balaban J connectivity index is 1.40. The van der Waals surface area contributed by atoms with E-state index < -0.39 is 23.2 Å². The van der Waals surface area contributed by atoms with Crippen LogP contribution < -0.4 is 15.8 Å². The molecule has 0 radical (unpaired) electrons. The zero-order valence-electron chi connectivity index (χ0n) is 25.7. The monoisotopic (exact) mass is 627 g/mol. The molecule has 238 valence electrons. The number of halogens is 2. The summed E-state index contributed by atoms with van der Waals surface area (Å²) >= 11 is 0. The number of aromatic amines is 1. The zero-order valence-corrected chi connectivity index (χ0v) is 25.7. The van der Waals surface area contributed by atoms with Crippen LogP contribution in [0.4, 0.5) is 20.2 Å². The molecule has 3 aliphatic rings. The molecule has 0 spiro atoms. The van der Waals surface area contributed by atoms with E-state index in [1.54, 1.807) is 19.4 Å². The summed E-state index contributed by atoms with van der Waals surface area (Å²) in [6.45, 7) is 4.90. The lowest BCUT2D eigenvalue weighted by Gasteiger charge is -2.29. The topological polar surface area (TPSA) is 109 Å². The van der Waals surface area contributed by atoms with Gasteiger partial charge in [-0.1, -0.05) is 6.07 Å². The van der Waals surface area contributed by atoms with E-state index in [2.05, 4.69) is 32.0 Å². The van der Waals surface area contributed by atoms with Crippen LogP contribution in [-0.2, 0) is 6.54 Å². The van der Waals surface area contributed by atoms with Crippen molar-refractivity contribution < 1.29 is 18.7 Å². The number of carboxylic acid groups (broad SMARTS) is 1. The van der Waals surface area contributed by atoms with Crippen LogP contribution in [0.5, 0.6) is 0 Å². The van der Waals surface area contributed by atoms with Crippen LogP contribution in [0.15, 0.2) is 41.5 Å². The Morgan fingerprint density at radius 1 is 1.13 bits per heavy atom. The van der Waals surface area contributed by atoms with Crippen LogP contribution in [-0.4, -0.2) is 88.1 Å². The van der Waals surface area contributed by atoms with E-state index in [1.807, 2.05) is 12.1 Å². The van der Waals surface area contributed by atoms with Gasteiger partial charge in [0.2, 0.25) is 0 Å². The minimum absolute atomic E-state index is 0.123. The number of rotatable bonds is 6. The Morgan fingerprint density at radius 2 is 1.93 bits per heavy atom. The molecule has 8 rings (SSSR count). The quantitative estimate of drug-likeness (QED) is 0.248. The summed E-state index contributed by atoms with van der Waals surface area (Å²) in [6.07, 6.45) is 6.51. The Bertz CT molecular complexity index is 2120. The minimum atomic E-state index is -1.28. The lowest BCUT2D eigenvalue weighted by molar-refractivity contribution is 0.0694. The molecular weight excluding hydrogens is 592 g/mol. The standard InChI is InChI=1S/C34H35F2N7O3/c1-37-24-12-23(35)29(36)27-28-31(42-10-7-19-14-40(2)17-26(19)42)22(13-38-32(28)39-30(24)27)18-5-6-25-20(15-41-8-3-4-9-41)11-21(34(45)46)33(44)43(25)16-18/h5-6,11-13,16,19,26,37H,3-4,7-10,14-15,17H2,1-2H3,(H,38,39)(H,45,46). The van der Waals surface area contributed by atoms with Gasteiger partial charge in [0.05, 0.1) is 33.2 Å². The first-order valence-corrected chi connectivity index (χ1v) is 15.8. The molecule has 0 amide bonds. The first-order chi connectivity index (χ1) is 22.2. The highest BCUT2D eigenvalue weighted by atomic mass is 19.2. The number of benzene rings is 1. The van der Waals surface area contributed by atoms with E-state index in [9.17, 15) is 14.7 Å². The number of carbonyl (C=O) groups is 1. The third-order valence-electron chi connectivity index (χ3n) is 10.2. The second kappa shape index (κ2) is 10.8. The normalized spacial score (nSPS) is 20.5. The van der Waals surface area contributed by atoms with E-state index in [0.717, 1.165) is 69.3 Å². The molecule has 12 heteroatoms. The number of fused-ring (bicyclic) bond motifs is 5. The molecule has 0 saturated carbocycles. The van der Waals surface area contributed by atoms with E-state index in [0.29, 0.717) is 51.3 Å². The maximum atomic E-state index is 15.8. The van der Waals surface area contributed by atoms with E-state index in [1.165, 1.54) is 10.5 Å². The lowest BCUT2D eigenvalue weighted by Crippen LogP contribution is -2.35. The molecule has 3 saturated heterocycles. The van der Waals surface area contributed by atoms with Crippen LogP contribution in [0, 0.1) is 17.6 Å². The number of likely N-dealkylation sites (tertiary alicyclic amines) is 2. The summed E-state index contributed by atoms with van der Waals surface area (Å²) in [6, 6.07) is 6.57. The average Bonchev–Trinajstić information content (AvgIpc) is 3.84. The van der Waals surface area contributed by atoms with Crippen molar-refractivity contribution in [1.82, 2.24) is 24.2 Å². The van der Waals surface area contributed by atoms with Gasteiger partial charge in [0, 0.05) is 68.9 Å². The van der Waals surface area contributed by atoms with Crippen molar-refractivity contribution in [3.63, 3.8) is 0 Å². The molecule has 10 nitrogen and oxygen atoms in total. The van der Waals surface area contributed by atoms with E-state index in [-0.39, 0.29) is 17.0 Å². The molecule has 46 heavy (non-hydrogen) atoms. The minimum Gasteiger partial charge on any atom is -0.477 e. The number of hydrogen-bond acceptors (Lipinski definition) is 7. The van der Waals surface area contributed by atoms with Gasteiger partial charge in [0.25, 0.3) is 5.56 Å². The fourth-order valence-corrected chi connectivity index (χ4v) is 8.09. The Hall–Kier alpha value is -4.55. The van der Waals surface area contributed by atoms with Crippen LogP contribution in [0.1, 0.15) is 35.2 Å². The fourth-order valence-electron chi connectivity index (χ4n) is 8.09. The molecule has 2 atom stereocenters. The first kappa shape index (κ1) is 28.9. The Labute approximate surface area is 263 Å². The summed E-state index contributed by atoms with van der Waals surface area (Å²) < 4.78 is 32.3. The second-order valence-corrected chi connectivity index (χ2v) is 13.0. The third-order valence-corrected chi connectivity index (χ3v) is 10.2. The van der Waals surface area contributed by atoms with Crippen LogP contribution in [0.3, 0.4) is 0 Å². The third kappa shape index (κ3) is 4.38. The van der Waals surface area contributed by atoms with Crippen molar-refractivity contribution >= 4 is 44.8 Å². The molecule has 4 aromatic heterocycles. The highest BCUT2D eigenvalue weighted by Gasteiger charge is 2.42. The molecule has 2 unspecified atom stereocenters. The van der Waals surface area contributed by atoms with Gasteiger partial charge in [-0.2, -0.15) is 0 Å². The van der Waals surface area contributed by atoms with Gasteiger partial charge >= 0.3 is 5.97 Å². The van der Waals surface area contributed by atoms with Crippen molar-refractivity contribution in [2.45, 2.75) is 31.8 Å². The molecule has 5 aromatic rings. The number of aromatic nitrogens is 3. The van der Waals surface area contributed by atoms with E-state index in [4.69, 9.17) is 4.98 Å². The highest BCUT2D eigenvalue weighted by Crippen LogP contribution is 2.46. The van der Waals surface area contributed by atoms with Crippen molar-refractivity contribution in [2.24, 2.45) is 5.92 Å². The second-order valence-electron chi connectivity index (χ2n) is 13.0. The van der Waals surface area contributed by atoms with E-state index >= 15 is 8.78 Å². The number of carboxylic acids is 1. The van der Waals surface area contributed by atoms with Crippen LogP contribution in [0.25, 0.3) is 38.6 Å². The highest BCUT2D eigenvalue weighted by molar-refractivity contribution is 6.18. The van der Waals surface area contributed by atoms with Gasteiger partial charge in [-0.05, 0) is 63.0 Å². The van der Waals surface area contributed by atoms with Gasteiger partial charge in [0.15, 0.2) is 11.6 Å². The summed E-state index contributed by atoms with van der Waals surface area (Å²) in [5.74, 6) is -2.77. The SMILES string of the molecule is CNc1cc(F)c(F)c2c1[nH]c1ncc(-c3ccc4c(CN5CCCC5)cc(C(=O)O)c(=O)n4c3)c(N3CCC4CN(C)CC43)c12. The molecule has 3 fully saturated rings. The number of aromatic carboxylic acids is 1. The van der Waals surface area contributed by atoms with Crippen molar-refractivity contribution in [3.05, 3.63) is 69.8 Å². The first-order valence-electron chi connectivity index (χ1n) is 15.8. The summed E-state index contributed by atoms with van der Waals surface area (Å²) in [5.41, 5.74) is 3.79. The number of nitrogens with one attached hydrogen (secondary N) is 2. The number of H-pyrrole nitrogens is 1. The maximum absolute atomic E-state index is 15.8. The summed E-state index contributed by atoms with van der Waals surface area (Å²) in [4.78, 5) is 40.6. The zero-order chi connectivity index (χ0) is 31.9. The molecule has 7 heterocycles. The molecular formula is C34H35F2N7O3. The average molecular weight is 628 g/mol. The number of likely N-dealkylation sites (N-methyl/N-ethyl adjacent to an activating group) is 1. The predicted molar refractivity (Wildman–Crippen MR) is 174 cm³/mol. The number of nitrogens with zero attached hydrogens (tertiary/aromatic N) is 5. The summed E-state index contributed by atoms with van der Waals surface area (Å²) in [7, 11) is 3.75. The number of anilines is 2. The van der Waals surface area contributed by atoms with Gasteiger partial charge in [-0.25, -0.2) is 18.6 Å². The number of pyridine rings is 3.